The van der Waals surface area contributed by atoms with Crippen LogP contribution in [0.4, 0.5) is 5.69 Å². The Balaban J connectivity index is 1.86. The van der Waals surface area contributed by atoms with Crippen molar-refractivity contribution >= 4 is 17.3 Å². The molecule has 2 rings (SSSR count). The van der Waals surface area contributed by atoms with Crippen LogP contribution >= 0.6 is 11.6 Å². The Kier molecular flexibility index (Phi) is 4.86. The van der Waals surface area contributed by atoms with Gasteiger partial charge in [0.25, 0.3) is 0 Å². The molecule has 0 aromatic heterocycles. The average Bonchev–Trinajstić information content (AvgIpc) is 2.40. The second-order valence-electron chi connectivity index (χ2n) is 4.70. The summed E-state index contributed by atoms with van der Waals surface area (Å²) < 4.78 is 0. The van der Waals surface area contributed by atoms with Crippen molar-refractivity contribution in [1.29, 1.82) is 5.26 Å². The van der Waals surface area contributed by atoms with Crippen LogP contribution in [0, 0.1) is 17.2 Å². The minimum Gasteiger partial charge on any atom is -0.384 e. The first-order valence-electron chi connectivity index (χ1n) is 6.44. The van der Waals surface area contributed by atoms with Gasteiger partial charge in [-0.15, -0.1) is 0 Å². The molecule has 0 radical (unpaired) electrons. The number of hydrogen-bond donors (Lipinski definition) is 2. The van der Waals surface area contributed by atoms with Crippen LogP contribution in [0.5, 0.6) is 0 Å². The van der Waals surface area contributed by atoms with Crippen molar-refractivity contribution in [3.05, 3.63) is 28.8 Å². The zero-order valence-corrected chi connectivity index (χ0v) is 11.1. The van der Waals surface area contributed by atoms with E-state index in [0.717, 1.165) is 37.7 Å². The van der Waals surface area contributed by atoms with Gasteiger partial charge in [-0.05, 0) is 50.4 Å². The molecular weight excluding hydrogens is 246 g/mol. The van der Waals surface area contributed by atoms with Crippen molar-refractivity contribution < 1.29 is 0 Å². The molecule has 1 heterocycles. The molecule has 96 valence electrons. The molecule has 0 amide bonds. The fourth-order valence-electron chi connectivity index (χ4n) is 2.37. The molecule has 4 heteroatoms. The summed E-state index contributed by atoms with van der Waals surface area (Å²) in [6.45, 7) is 3.15. The predicted molar refractivity (Wildman–Crippen MR) is 74.9 cm³/mol. The third-order valence-electron chi connectivity index (χ3n) is 3.39. The number of halogens is 1. The summed E-state index contributed by atoms with van der Waals surface area (Å²) in [7, 11) is 0. The van der Waals surface area contributed by atoms with Crippen molar-refractivity contribution in [2.24, 2.45) is 5.92 Å². The van der Waals surface area contributed by atoms with Crippen molar-refractivity contribution in [3.63, 3.8) is 0 Å². The molecule has 1 aliphatic rings. The lowest BCUT2D eigenvalue weighted by Gasteiger charge is -2.23. The van der Waals surface area contributed by atoms with Gasteiger partial charge in [-0.2, -0.15) is 5.26 Å². The van der Waals surface area contributed by atoms with Gasteiger partial charge in [-0.25, -0.2) is 0 Å². The molecule has 0 bridgehead atoms. The van der Waals surface area contributed by atoms with E-state index in [-0.39, 0.29) is 0 Å². The maximum atomic E-state index is 9.06. The van der Waals surface area contributed by atoms with Crippen LogP contribution in [0.15, 0.2) is 18.2 Å². The lowest BCUT2D eigenvalue weighted by molar-refractivity contribution is 0.364. The summed E-state index contributed by atoms with van der Waals surface area (Å²) in [5.41, 5.74) is 1.38. The van der Waals surface area contributed by atoms with E-state index in [0.29, 0.717) is 10.6 Å². The number of anilines is 1. The van der Waals surface area contributed by atoms with Gasteiger partial charge in [-0.3, -0.25) is 0 Å². The minimum atomic E-state index is 0.516. The first kappa shape index (κ1) is 13.2. The molecule has 18 heavy (non-hydrogen) atoms. The van der Waals surface area contributed by atoms with Gasteiger partial charge in [0.1, 0.15) is 6.07 Å². The average molecular weight is 264 g/mol. The van der Waals surface area contributed by atoms with E-state index in [9.17, 15) is 0 Å². The summed E-state index contributed by atoms with van der Waals surface area (Å²) in [5, 5.41) is 16.3. The Labute approximate surface area is 113 Å². The van der Waals surface area contributed by atoms with E-state index in [1.165, 1.54) is 12.8 Å². The number of piperidine rings is 1. The summed E-state index contributed by atoms with van der Waals surface area (Å²) in [4.78, 5) is 0. The van der Waals surface area contributed by atoms with Crippen LogP contribution in [0.3, 0.4) is 0 Å². The van der Waals surface area contributed by atoms with Gasteiger partial charge < -0.3 is 10.6 Å². The monoisotopic (exact) mass is 263 g/mol. The van der Waals surface area contributed by atoms with E-state index >= 15 is 0 Å². The molecule has 1 atom stereocenters. The molecule has 1 aromatic carbocycles. The van der Waals surface area contributed by atoms with E-state index in [1.807, 2.05) is 12.1 Å². The Bertz CT molecular complexity index is 433. The van der Waals surface area contributed by atoms with Crippen LogP contribution in [-0.2, 0) is 0 Å². The van der Waals surface area contributed by atoms with E-state index < -0.39 is 0 Å². The van der Waals surface area contributed by atoms with Gasteiger partial charge in [0.05, 0.1) is 16.3 Å². The molecule has 1 aromatic rings. The fourth-order valence-corrected chi connectivity index (χ4v) is 2.58. The van der Waals surface area contributed by atoms with Gasteiger partial charge in [0.2, 0.25) is 0 Å². The van der Waals surface area contributed by atoms with Gasteiger partial charge >= 0.3 is 0 Å². The van der Waals surface area contributed by atoms with Gasteiger partial charge in [0, 0.05) is 6.54 Å². The number of nitrogens with zero attached hydrogens (tertiary/aromatic N) is 1. The number of nitriles is 1. The Hall–Kier alpha value is -1.24. The third kappa shape index (κ3) is 3.38. The maximum absolute atomic E-state index is 9.06. The Morgan fingerprint density at radius 2 is 2.39 bits per heavy atom. The SMILES string of the molecule is N#Cc1c(Cl)cccc1NCCC1CCCNC1. The smallest absolute Gasteiger partial charge is 0.103 e. The van der Waals surface area contributed by atoms with Crippen molar-refractivity contribution in [1.82, 2.24) is 5.32 Å². The third-order valence-corrected chi connectivity index (χ3v) is 3.71. The first-order chi connectivity index (χ1) is 8.81. The predicted octanol–water partition coefficient (Wildman–Crippen LogP) is 3.01. The number of hydrogen-bond acceptors (Lipinski definition) is 3. The summed E-state index contributed by atoms with van der Waals surface area (Å²) >= 11 is 5.98. The first-order valence-corrected chi connectivity index (χ1v) is 6.82. The van der Waals surface area contributed by atoms with Gasteiger partial charge in [0.15, 0.2) is 0 Å². The van der Waals surface area contributed by atoms with E-state index in [2.05, 4.69) is 16.7 Å². The Morgan fingerprint density at radius 3 is 3.11 bits per heavy atom. The van der Waals surface area contributed by atoms with Gasteiger partial charge in [-0.1, -0.05) is 17.7 Å². The molecule has 1 aliphatic heterocycles. The highest BCUT2D eigenvalue weighted by atomic mass is 35.5. The number of rotatable bonds is 4. The molecule has 1 saturated heterocycles. The van der Waals surface area contributed by atoms with E-state index in [1.54, 1.807) is 6.07 Å². The Morgan fingerprint density at radius 1 is 1.50 bits per heavy atom. The molecule has 1 fully saturated rings. The normalized spacial score (nSPS) is 19.2. The number of nitrogens with one attached hydrogen (secondary N) is 2. The van der Waals surface area contributed by atoms with Crippen LogP contribution in [0.2, 0.25) is 5.02 Å². The van der Waals surface area contributed by atoms with Crippen molar-refractivity contribution in [3.8, 4) is 6.07 Å². The second kappa shape index (κ2) is 6.63. The lowest BCUT2D eigenvalue weighted by Crippen LogP contribution is -2.30. The molecule has 0 spiro atoms. The van der Waals surface area contributed by atoms with Crippen LogP contribution in [0.25, 0.3) is 0 Å². The van der Waals surface area contributed by atoms with Crippen LogP contribution < -0.4 is 10.6 Å². The maximum Gasteiger partial charge on any atom is 0.103 e. The molecule has 1 unspecified atom stereocenters. The summed E-state index contributed by atoms with van der Waals surface area (Å²) in [6.07, 6.45) is 3.70. The van der Waals surface area contributed by atoms with Crippen molar-refractivity contribution in [2.75, 3.05) is 25.0 Å². The zero-order chi connectivity index (χ0) is 12.8. The standard InChI is InChI=1S/C14H18ClN3/c15-13-4-1-5-14(12(13)9-16)18-8-6-11-3-2-7-17-10-11/h1,4-5,11,17-18H,2-3,6-8,10H2. The minimum absolute atomic E-state index is 0.516. The molecule has 0 saturated carbocycles. The molecule has 2 N–H and O–H groups in total. The highest BCUT2D eigenvalue weighted by Gasteiger charge is 2.12. The molecule has 3 nitrogen and oxygen atoms in total. The van der Waals surface area contributed by atoms with Crippen LogP contribution in [0.1, 0.15) is 24.8 Å². The van der Waals surface area contributed by atoms with Crippen molar-refractivity contribution in [2.45, 2.75) is 19.3 Å². The topological polar surface area (TPSA) is 47.9 Å². The highest BCUT2D eigenvalue weighted by Crippen LogP contribution is 2.23. The highest BCUT2D eigenvalue weighted by molar-refractivity contribution is 6.32. The van der Waals surface area contributed by atoms with E-state index in [4.69, 9.17) is 16.9 Å². The number of benzene rings is 1. The van der Waals surface area contributed by atoms with Crippen LogP contribution in [-0.4, -0.2) is 19.6 Å². The second-order valence-corrected chi connectivity index (χ2v) is 5.11. The summed E-state index contributed by atoms with van der Waals surface area (Å²) in [6, 6.07) is 7.67. The molecular formula is C14H18ClN3. The zero-order valence-electron chi connectivity index (χ0n) is 10.4. The molecule has 0 aliphatic carbocycles. The largest absolute Gasteiger partial charge is 0.384 e. The quantitative estimate of drug-likeness (QED) is 0.878. The fraction of sp³-hybridized carbons (Fsp3) is 0.500. The lowest BCUT2D eigenvalue weighted by atomic mass is 9.96. The summed E-state index contributed by atoms with van der Waals surface area (Å²) in [5.74, 6) is 0.746.